The van der Waals surface area contributed by atoms with Crippen LogP contribution in [0.5, 0.6) is 0 Å². The Balaban J connectivity index is 3.06. The molecule has 76 valence electrons. The van der Waals surface area contributed by atoms with Gasteiger partial charge in [-0.05, 0) is 5.56 Å². The predicted molar refractivity (Wildman–Crippen MR) is 59.5 cm³/mol. The van der Waals surface area contributed by atoms with Crippen molar-refractivity contribution in [2.24, 2.45) is 0 Å². The monoisotopic (exact) mass is 201 g/mol. The third-order valence-corrected chi connectivity index (χ3v) is 2.29. The van der Waals surface area contributed by atoms with Crippen LogP contribution < -0.4 is 0 Å². The van der Waals surface area contributed by atoms with Gasteiger partial charge in [0.25, 0.3) is 5.69 Å². The van der Waals surface area contributed by atoms with Crippen molar-refractivity contribution < 1.29 is 4.92 Å². The largest absolute Gasteiger partial charge is 0.269 e. The van der Waals surface area contributed by atoms with Crippen LogP contribution in [0.25, 0.3) is 0 Å². The number of hydrogen-bond donors (Lipinski definition) is 0. The number of terminal acetylenes is 1. The van der Waals surface area contributed by atoms with Gasteiger partial charge in [-0.2, -0.15) is 0 Å². The van der Waals surface area contributed by atoms with Gasteiger partial charge in [-0.25, -0.2) is 0 Å². The summed E-state index contributed by atoms with van der Waals surface area (Å²) in [5.41, 5.74) is 1.51. The zero-order valence-corrected chi connectivity index (χ0v) is 8.43. The second-order valence-electron chi connectivity index (χ2n) is 3.24. The molecule has 0 bridgehead atoms. The summed E-state index contributed by atoms with van der Waals surface area (Å²) in [5.74, 6) is 2.39. The molecule has 1 unspecified atom stereocenters. The molecule has 3 heteroatoms. The van der Waals surface area contributed by atoms with E-state index in [1.54, 1.807) is 12.1 Å². The number of allylic oxidation sites excluding steroid dienone is 1. The minimum Gasteiger partial charge on any atom is -0.258 e. The number of hydrogen-bond acceptors (Lipinski definition) is 2. The van der Waals surface area contributed by atoms with Gasteiger partial charge < -0.3 is 0 Å². The molecule has 0 aliphatic carbocycles. The van der Waals surface area contributed by atoms with Crippen molar-refractivity contribution in [3.05, 3.63) is 52.1 Å². The lowest BCUT2D eigenvalue weighted by Gasteiger charge is -2.09. The van der Waals surface area contributed by atoms with Gasteiger partial charge in [0, 0.05) is 23.6 Å². The summed E-state index contributed by atoms with van der Waals surface area (Å²) in [6.45, 7) is 5.59. The zero-order valence-electron chi connectivity index (χ0n) is 8.43. The van der Waals surface area contributed by atoms with Gasteiger partial charge in [0.1, 0.15) is 0 Å². The molecule has 0 aromatic heterocycles. The average molecular weight is 201 g/mol. The van der Waals surface area contributed by atoms with Gasteiger partial charge in [0.05, 0.1) is 4.92 Å². The minimum absolute atomic E-state index is 0.0603. The molecule has 0 spiro atoms. The molecule has 1 atom stereocenters. The first-order valence-electron chi connectivity index (χ1n) is 4.46. The van der Waals surface area contributed by atoms with Crippen LogP contribution in [0.4, 0.5) is 5.69 Å². The van der Waals surface area contributed by atoms with Crippen molar-refractivity contribution >= 4 is 5.69 Å². The Bertz CT molecular complexity index is 443. The standard InChI is InChI=1S/C12H11NO2/c1-4-9(2)10(3)11-6-5-7-12(8-11)13(14)15/h1,5-8,10H,2H2,3H3. The van der Waals surface area contributed by atoms with Crippen LogP contribution in [-0.4, -0.2) is 4.92 Å². The fourth-order valence-corrected chi connectivity index (χ4v) is 1.23. The van der Waals surface area contributed by atoms with E-state index < -0.39 is 4.92 Å². The molecule has 3 nitrogen and oxygen atoms in total. The summed E-state index contributed by atoms with van der Waals surface area (Å²) in [6.07, 6.45) is 5.22. The third-order valence-electron chi connectivity index (χ3n) is 2.29. The van der Waals surface area contributed by atoms with Crippen molar-refractivity contribution in [1.82, 2.24) is 0 Å². The van der Waals surface area contributed by atoms with Crippen LogP contribution in [0.2, 0.25) is 0 Å². The molecule has 1 aromatic rings. The Kier molecular flexibility index (Phi) is 3.25. The van der Waals surface area contributed by atoms with E-state index in [-0.39, 0.29) is 11.6 Å². The van der Waals surface area contributed by atoms with Crippen molar-refractivity contribution in [2.75, 3.05) is 0 Å². The summed E-state index contributed by atoms with van der Waals surface area (Å²) in [6, 6.07) is 6.43. The normalized spacial score (nSPS) is 11.5. The lowest BCUT2D eigenvalue weighted by atomic mass is 9.94. The maximum atomic E-state index is 10.6. The maximum absolute atomic E-state index is 10.6. The van der Waals surface area contributed by atoms with Gasteiger partial charge in [0.15, 0.2) is 0 Å². The molecule has 1 aromatic carbocycles. The molecule has 0 amide bonds. The van der Waals surface area contributed by atoms with E-state index in [0.29, 0.717) is 5.57 Å². The van der Waals surface area contributed by atoms with Gasteiger partial charge >= 0.3 is 0 Å². The summed E-state index contributed by atoms with van der Waals surface area (Å²) < 4.78 is 0. The van der Waals surface area contributed by atoms with Crippen LogP contribution in [0, 0.1) is 22.5 Å². The summed E-state index contributed by atoms with van der Waals surface area (Å²) in [5, 5.41) is 10.6. The van der Waals surface area contributed by atoms with Crippen LogP contribution in [-0.2, 0) is 0 Å². The molecule has 0 heterocycles. The molecule has 0 fully saturated rings. The number of nitro groups is 1. The molecule has 0 saturated carbocycles. The molecule has 15 heavy (non-hydrogen) atoms. The molecule has 1 rings (SSSR count). The fourth-order valence-electron chi connectivity index (χ4n) is 1.23. The topological polar surface area (TPSA) is 43.1 Å². The quantitative estimate of drug-likeness (QED) is 0.428. The lowest BCUT2D eigenvalue weighted by molar-refractivity contribution is -0.384. The molecule has 0 aliphatic rings. The van der Waals surface area contributed by atoms with Crippen LogP contribution >= 0.6 is 0 Å². The number of benzene rings is 1. The molecule has 0 N–H and O–H groups in total. The number of nitro benzene ring substituents is 1. The van der Waals surface area contributed by atoms with E-state index in [4.69, 9.17) is 6.42 Å². The van der Waals surface area contributed by atoms with E-state index in [1.807, 2.05) is 6.92 Å². The second kappa shape index (κ2) is 4.43. The van der Waals surface area contributed by atoms with Crippen LogP contribution in [0.1, 0.15) is 18.4 Å². The fraction of sp³-hybridized carbons (Fsp3) is 0.167. The van der Waals surface area contributed by atoms with E-state index >= 15 is 0 Å². The highest BCUT2D eigenvalue weighted by Crippen LogP contribution is 2.25. The first kappa shape index (κ1) is 11.0. The molecule has 0 radical (unpaired) electrons. The Hall–Kier alpha value is -2.08. The van der Waals surface area contributed by atoms with Crippen molar-refractivity contribution in [3.63, 3.8) is 0 Å². The van der Waals surface area contributed by atoms with Crippen LogP contribution in [0.3, 0.4) is 0 Å². The Morgan fingerprint density at radius 2 is 2.33 bits per heavy atom. The highest BCUT2D eigenvalue weighted by molar-refractivity contribution is 5.41. The molecule has 0 saturated heterocycles. The van der Waals surface area contributed by atoms with Gasteiger partial charge in [-0.15, -0.1) is 6.42 Å². The van der Waals surface area contributed by atoms with Crippen molar-refractivity contribution in [1.29, 1.82) is 0 Å². The first-order valence-corrected chi connectivity index (χ1v) is 4.46. The maximum Gasteiger partial charge on any atom is 0.269 e. The zero-order chi connectivity index (χ0) is 11.4. The first-order chi connectivity index (χ1) is 7.06. The third kappa shape index (κ3) is 2.44. The summed E-state index contributed by atoms with van der Waals surface area (Å²) in [4.78, 5) is 10.1. The molecular weight excluding hydrogens is 190 g/mol. The summed E-state index contributed by atoms with van der Waals surface area (Å²) >= 11 is 0. The highest BCUT2D eigenvalue weighted by atomic mass is 16.6. The van der Waals surface area contributed by atoms with Crippen molar-refractivity contribution in [3.8, 4) is 12.3 Å². The Labute approximate surface area is 88.6 Å². The molecular formula is C12H11NO2. The minimum atomic E-state index is -0.422. The number of nitrogens with zero attached hydrogens (tertiary/aromatic N) is 1. The van der Waals surface area contributed by atoms with E-state index in [9.17, 15) is 10.1 Å². The van der Waals surface area contributed by atoms with E-state index in [1.165, 1.54) is 12.1 Å². The lowest BCUT2D eigenvalue weighted by Crippen LogP contribution is -1.96. The average Bonchev–Trinajstić information content (AvgIpc) is 2.27. The second-order valence-corrected chi connectivity index (χ2v) is 3.24. The highest BCUT2D eigenvalue weighted by Gasteiger charge is 2.11. The summed E-state index contributed by atoms with van der Waals surface area (Å²) in [7, 11) is 0. The van der Waals surface area contributed by atoms with Crippen LogP contribution in [0.15, 0.2) is 36.4 Å². The SMILES string of the molecule is C#CC(=C)C(C)c1cccc([N+](=O)[O-])c1. The number of non-ortho nitro benzene ring substituents is 1. The van der Waals surface area contributed by atoms with Gasteiger partial charge in [-0.3, -0.25) is 10.1 Å². The van der Waals surface area contributed by atoms with E-state index in [0.717, 1.165) is 5.56 Å². The Morgan fingerprint density at radius 1 is 1.67 bits per heavy atom. The predicted octanol–water partition coefficient (Wildman–Crippen LogP) is 2.89. The van der Waals surface area contributed by atoms with Gasteiger partial charge in [-0.1, -0.05) is 31.6 Å². The number of rotatable bonds is 3. The van der Waals surface area contributed by atoms with Crippen molar-refractivity contribution in [2.45, 2.75) is 12.8 Å². The smallest absolute Gasteiger partial charge is 0.258 e. The Morgan fingerprint density at radius 3 is 2.87 bits per heavy atom. The van der Waals surface area contributed by atoms with E-state index in [2.05, 4.69) is 12.5 Å². The molecule has 0 aliphatic heterocycles. The van der Waals surface area contributed by atoms with Gasteiger partial charge in [0.2, 0.25) is 0 Å².